The van der Waals surface area contributed by atoms with Crippen molar-refractivity contribution in [2.45, 2.75) is 37.8 Å². The van der Waals surface area contributed by atoms with Crippen LogP contribution in [0.5, 0.6) is 5.75 Å². The van der Waals surface area contributed by atoms with Gasteiger partial charge in [-0.05, 0) is 66.8 Å². The van der Waals surface area contributed by atoms with Gasteiger partial charge in [0.05, 0.1) is 18.0 Å². The molecular weight excluding hydrogens is 382 g/mol. The number of ether oxygens (including phenoxy) is 1. The predicted molar refractivity (Wildman–Crippen MR) is 115 cm³/mol. The van der Waals surface area contributed by atoms with Crippen molar-refractivity contribution in [1.29, 1.82) is 0 Å². The lowest BCUT2D eigenvalue weighted by Crippen LogP contribution is -2.39. The van der Waals surface area contributed by atoms with E-state index in [2.05, 4.69) is 6.07 Å². The van der Waals surface area contributed by atoms with Crippen LogP contribution >= 0.6 is 0 Å². The summed E-state index contributed by atoms with van der Waals surface area (Å²) in [5.41, 5.74) is 5.33. The number of sulfonamides is 1. The molecule has 4 rings (SSSR count). The maximum Gasteiger partial charge on any atom is 0.243 e. The molecule has 1 heterocycles. The fraction of sp³-hybridized carbons (Fsp3) is 0.250. The van der Waals surface area contributed by atoms with Gasteiger partial charge in [0, 0.05) is 6.54 Å². The summed E-state index contributed by atoms with van der Waals surface area (Å²) in [6, 6.07) is 20.8. The summed E-state index contributed by atoms with van der Waals surface area (Å²) in [6.07, 6.45) is 0.647. The minimum absolute atomic E-state index is 0.262. The van der Waals surface area contributed by atoms with Gasteiger partial charge in [0.1, 0.15) is 5.75 Å². The fourth-order valence-corrected chi connectivity index (χ4v) is 5.59. The molecule has 0 bridgehead atoms. The summed E-state index contributed by atoms with van der Waals surface area (Å²) in [6.45, 7) is 4.33. The Morgan fingerprint density at radius 2 is 1.62 bits per heavy atom. The lowest BCUT2D eigenvalue weighted by molar-refractivity contribution is 0.295. The van der Waals surface area contributed by atoms with Crippen LogP contribution in [0.2, 0.25) is 0 Å². The van der Waals surface area contributed by atoms with Crippen molar-refractivity contribution in [2.75, 3.05) is 7.11 Å². The van der Waals surface area contributed by atoms with Gasteiger partial charge in [0.25, 0.3) is 0 Å². The first-order valence-corrected chi connectivity index (χ1v) is 11.1. The minimum Gasteiger partial charge on any atom is -0.497 e. The Morgan fingerprint density at radius 3 is 2.28 bits per heavy atom. The zero-order valence-corrected chi connectivity index (χ0v) is 17.7. The van der Waals surface area contributed by atoms with Crippen LogP contribution in [0.4, 0.5) is 0 Å². The summed E-state index contributed by atoms with van der Waals surface area (Å²) in [7, 11) is -2.01. The van der Waals surface area contributed by atoms with E-state index in [9.17, 15) is 8.42 Å². The monoisotopic (exact) mass is 407 g/mol. The normalized spacial score (nSPS) is 17.0. The van der Waals surface area contributed by atoms with E-state index in [0.29, 0.717) is 17.9 Å². The van der Waals surface area contributed by atoms with Crippen molar-refractivity contribution in [3.05, 3.63) is 94.5 Å². The maximum atomic E-state index is 13.6. The van der Waals surface area contributed by atoms with E-state index in [1.54, 1.807) is 23.5 Å². The molecule has 1 aliphatic rings. The molecule has 4 nitrogen and oxygen atoms in total. The lowest BCUT2D eigenvalue weighted by Gasteiger charge is -2.37. The summed E-state index contributed by atoms with van der Waals surface area (Å²) < 4.78 is 34.2. The Bertz CT molecular complexity index is 1140. The van der Waals surface area contributed by atoms with Crippen molar-refractivity contribution in [3.63, 3.8) is 0 Å². The largest absolute Gasteiger partial charge is 0.497 e. The summed E-state index contributed by atoms with van der Waals surface area (Å²) >= 11 is 0. The number of aryl methyl sites for hydroxylation is 2. The highest BCUT2D eigenvalue weighted by Crippen LogP contribution is 2.39. The van der Waals surface area contributed by atoms with Crippen LogP contribution in [-0.2, 0) is 23.0 Å². The molecule has 1 aliphatic heterocycles. The summed E-state index contributed by atoms with van der Waals surface area (Å²) in [5, 5.41) is 0. The van der Waals surface area contributed by atoms with Crippen LogP contribution < -0.4 is 4.74 Å². The molecule has 29 heavy (non-hydrogen) atoms. The van der Waals surface area contributed by atoms with Crippen LogP contribution in [0.15, 0.2) is 71.6 Å². The average molecular weight is 408 g/mol. The van der Waals surface area contributed by atoms with Crippen molar-refractivity contribution in [1.82, 2.24) is 4.31 Å². The first kappa shape index (κ1) is 19.7. The molecule has 150 valence electrons. The quantitative estimate of drug-likeness (QED) is 0.624. The van der Waals surface area contributed by atoms with Crippen molar-refractivity contribution < 1.29 is 13.2 Å². The number of nitrogens with zero attached hydrogens (tertiary/aromatic N) is 1. The topological polar surface area (TPSA) is 46.6 Å². The molecule has 0 aliphatic carbocycles. The molecule has 0 saturated heterocycles. The number of hydrogen-bond acceptors (Lipinski definition) is 3. The third-order valence-electron chi connectivity index (χ3n) is 5.67. The Morgan fingerprint density at radius 1 is 0.931 bits per heavy atom. The zero-order valence-electron chi connectivity index (χ0n) is 16.9. The molecule has 0 aromatic heterocycles. The van der Waals surface area contributed by atoms with E-state index in [1.807, 2.05) is 62.4 Å². The van der Waals surface area contributed by atoms with Crippen LogP contribution in [0.3, 0.4) is 0 Å². The molecule has 0 amide bonds. The molecule has 0 N–H and O–H groups in total. The van der Waals surface area contributed by atoms with E-state index in [0.717, 1.165) is 28.0 Å². The van der Waals surface area contributed by atoms with E-state index in [4.69, 9.17) is 4.74 Å². The van der Waals surface area contributed by atoms with E-state index >= 15 is 0 Å². The molecule has 0 fully saturated rings. The van der Waals surface area contributed by atoms with Crippen molar-refractivity contribution in [2.24, 2.45) is 0 Å². The second-order valence-electron chi connectivity index (χ2n) is 7.57. The van der Waals surface area contributed by atoms with Crippen LogP contribution in [0.25, 0.3) is 0 Å². The number of methoxy groups -OCH3 is 1. The SMILES string of the molecule is COc1ccc(C2Cc3ccccc3CN2S(=O)(=O)c2ccc(C)cc2)c(C)c1. The lowest BCUT2D eigenvalue weighted by atomic mass is 9.90. The van der Waals surface area contributed by atoms with Crippen LogP contribution in [0, 0.1) is 13.8 Å². The fourth-order valence-electron chi connectivity index (χ4n) is 4.01. The molecule has 1 unspecified atom stereocenters. The average Bonchev–Trinajstić information content (AvgIpc) is 2.73. The van der Waals surface area contributed by atoms with Gasteiger partial charge in [-0.1, -0.05) is 48.0 Å². The molecule has 0 saturated carbocycles. The third kappa shape index (κ3) is 3.68. The molecule has 0 spiro atoms. The van der Waals surface area contributed by atoms with Crippen molar-refractivity contribution >= 4 is 10.0 Å². The van der Waals surface area contributed by atoms with Gasteiger partial charge in [-0.15, -0.1) is 0 Å². The highest BCUT2D eigenvalue weighted by Gasteiger charge is 2.37. The van der Waals surface area contributed by atoms with Crippen LogP contribution in [0.1, 0.15) is 33.9 Å². The second kappa shape index (κ2) is 7.65. The van der Waals surface area contributed by atoms with Gasteiger partial charge < -0.3 is 4.74 Å². The zero-order chi connectivity index (χ0) is 20.6. The Labute approximate surface area is 172 Å². The van der Waals surface area contributed by atoms with E-state index < -0.39 is 10.0 Å². The Kier molecular flexibility index (Phi) is 5.19. The molecule has 5 heteroatoms. The highest BCUT2D eigenvalue weighted by molar-refractivity contribution is 7.89. The molecular formula is C24H25NO3S. The second-order valence-corrected chi connectivity index (χ2v) is 9.47. The minimum atomic E-state index is -3.65. The standard InChI is InChI=1S/C24H25NO3S/c1-17-8-11-22(12-9-17)29(26,27)25-16-20-7-5-4-6-19(20)15-24(25)23-13-10-21(28-3)14-18(23)2/h4-14,24H,15-16H2,1-3H3. The molecule has 3 aromatic carbocycles. The van der Waals surface area contributed by atoms with Crippen molar-refractivity contribution in [3.8, 4) is 5.75 Å². The van der Waals surface area contributed by atoms with E-state index in [-0.39, 0.29) is 6.04 Å². The first-order chi connectivity index (χ1) is 13.9. The smallest absolute Gasteiger partial charge is 0.243 e. The summed E-state index contributed by atoms with van der Waals surface area (Å²) in [4.78, 5) is 0.332. The Hall–Kier alpha value is -2.63. The van der Waals surface area contributed by atoms with Gasteiger partial charge in [0.2, 0.25) is 10.0 Å². The number of rotatable bonds is 4. The van der Waals surface area contributed by atoms with Gasteiger partial charge >= 0.3 is 0 Å². The first-order valence-electron chi connectivity index (χ1n) is 9.70. The van der Waals surface area contributed by atoms with Crippen LogP contribution in [-0.4, -0.2) is 19.8 Å². The van der Waals surface area contributed by atoms with Gasteiger partial charge in [-0.3, -0.25) is 0 Å². The third-order valence-corrected chi connectivity index (χ3v) is 7.54. The Balaban J connectivity index is 1.83. The maximum absolute atomic E-state index is 13.6. The number of hydrogen-bond donors (Lipinski definition) is 0. The number of benzene rings is 3. The predicted octanol–water partition coefficient (Wildman–Crippen LogP) is 4.80. The number of fused-ring (bicyclic) bond motifs is 1. The van der Waals surface area contributed by atoms with Gasteiger partial charge in [-0.2, -0.15) is 4.31 Å². The highest BCUT2D eigenvalue weighted by atomic mass is 32.2. The molecule has 3 aromatic rings. The van der Waals surface area contributed by atoms with E-state index in [1.165, 1.54) is 5.56 Å². The van der Waals surface area contributed by atoms with Gasteiger partial charge in [0.15, 0.2) is 0 Å². The molecule has 1 atom stereocenters. The molecule has 0 radical (unpaired) electrons. The van der Waals surface area contributed by atoms with Gasteiger partial charge in [-0.25, -0.2) is 8.42 Å². The summed E-state index contributed by atoms with van der Waals surface area (Å²) in [5.74, 6) is 0.774.